The Morgan fingerprint density at radius 1 is 1.73 bits per heavy atom. The zero-order valence-corrected chi connectivity index (χ0v) is 10.1. The predicted molar refractivity (Wildman–Crippen MR) is 61.6 cm³/mol. The van der Waals surface area contributed by atoms with E-state index in [1.165, 1.54) is 0 Å². The van der Waals surface area contributed by atoms with Crippen LogP contribution in [0.2, 0.25) is 0 Å². The lowest BCUT2D eigenvalue weighted by molar-refractivity contribution is 0.510. The van der Waals surface area contributed by atoms with E-state index in [0.29, 0.717) is 5.75 Å². The molecule has 1 rings (SSSR count). The molecule has 1 heterocycles. The highest BCUT2D eigenvalue weighted by Gasteiger charge is 2.23. The molecule has 0 saturated carbocycles. The van der Waals surface area contributed by atoms with Gasteiger partial charge in [0, 0.05) is 25.2 Å². The minimum atomic E-state index is -0.481. The molecule has 5 heteroatoms. The summed E-state index contributed by atoms with van der Waals surface area (Å²) in [6, 6.07) is 2.29. The molecule has 0 amide bonds. The summed E-state index contributed by atoms with van der Waals surface area (Å²) in [6.45, 7) is 4.71. The third kappa shape index (κ3) is 3.26. The molecule has 0 fully saturated rings. The van der Waals surface area contributed by atoms with E-state index < -0.39 is 5.54 Å². The summed E-state index contributed by atoms with van der Waals surface area (Å²) in [5.74, 6) is 0.697. The van der Waals surface area contributed by atoms with E-state index >= 15 is 0 Å². The van der Waals surface area contributed by atoms with Gasteiger partial charge in [0.05, 0.1) is 6.07 Å². The van der Waals surface area contributed by atoms with Gasteiger partial charge in [-0.15, -0.1) is 0 Å². The molecule has 1 aromatic heterocycles. The zero-order valence-electron chi connectivity index (χ0n) is 9.32. The number of imidazole rings is 1. The van der Waals surface area contributed by atoms with Gasteiger partial charge in [-0.3, -0.25) is 5.32 Å². The molecule has 4 nitrogen and oxygen atoms in total. The standard InChI is InChI=1S/C10H16N4S/c1-4-13-10(2,7-11)8-15-9-12-5-6-14(9)3/h5-6,13H,4,8H2,1-3H3. The fourth-order valence-corrected chi connectivity index (χ4v) is 2.20. The van der Waals surface area contributed by atoms with Gasteiger partial charge in [-0.25, -0.2) is 4.98 Å². The Morgan fingerprint density at radius 2 is 2.47 bits per heavy atom. The van der Waals surface area contributed by atoms with Gasteiger partial charge in [0.2, 0.25) is 0 Å². The van der Waals surface area contributed by atoms with E-state index in [1.54, 1.807) is 18.0 Å². The summed E-state index contributed by atoms with van der Waals surface area (Å²) >= 11 is 1.59. The summed E-state index contributed by atoms with van der Waals surface area (Å²) in [4.78, 5) is 4.20. The molecule has 0 aliphatic rings. The predicted octanol–water partition coefficient (Wildman–Crippen LogP) is 1.40. The molecule has 0 aliphatic heterocycles. The monoisotopic (exact) mass is 224 g/mol. The van der Waals surface area contributed by atoms with Crippen LogP contribution in [0.25, 0.3) is 0 Å². The van der Waals surface area contributed by atoms with Crippen molar-refractivity contribution in [3.63, 3.8) is 0 Å². The lowest BCUT2D eigenvalue weighted by atomic mass is 10.1. The lowest BCUT2D eigenvalue weighted by Gasteiger charge is -2.21. The second-order valence-corrected chi connectivity index (χ2v) is 4.53. The van der Waals surface area contributed by atoms with E-state index in [4.69, 9.17) is 5.26 Å². The van der Waals surface area contributed by atoms with Crippen molar-refractivity contribution in [3.05, 3.63) is 12.4 Å². The van der Waals surface area contributed by atoms with Crippen LogP contribution in [-0.4, -0.2) is 27.4 Å². The van der Waals surface area contributed by atoms with Crippen LogP contribution in [0.15, 0.2) is 17.6 Å². The molecule has 0 aliphatic carbocycles. The second-order valence-electron chi connectivity index (χ2n) is 3.58. The molecule has 1 aromatic rings. The van der Waals surface area contributed by atoms with Crippen molar-refractivity contribution in [1.82, 2.24) is 14.9 Å². The Morgan fingerprint density at radius 3 is 2.93 bits per heavy atom. The molecule has 0 radical (unpaired) electrons. The normalized spacial score (nSPS) is 14.5. The summed E-state index contributed by atoms with van der Waals surface area (Å²) < 4.78 is 1.95. The van der Waals surface area contributed by atoms with Crippen molar-refractivity contribution >= 4 is 11.8 Å². The first-order chi connectivity index (χ1) is 7.11. The molecular weight excluding hydrogens is 208 g/mol. The summed E-state index contributed by atoms with van der Waals surface area (Å²) in [6.07, 6.45) is 3.67. The Kier molecular flexibility index (Phi) is 4.18. The fraction of sp³-hybridized carbons (Fsp3) is 0.600. The third-order valence-electron chi connectivity index (χ3n) is 2.08. The summed E-state index contributed by atoms with van der Waals surface area (Å²) in [5.41, 5.74) is -0.481. The Hall–Kier alpha value is -0.990. The van der Waals surface area contributed by atoms with Gasteiger partial charge in [0.1, 0.15) is 5.54 Å². The minimum absolute atomic E-state index is 0.481. The minimum Gasteiger partial charge on any atom is -0.329 e. The zero-order chi connectivity index (χ0) is 11.3. The number of rotatable bonds is 5. The van der Waals surface area contributed by atoms with Crippen LogP contribution in [0.5, 0.6) is 0 Å². The summed E-state index contributed by atoms with van der Waals surface area (Å²) in [5, 5.41) is 13.2. The highest BCUT2D eigenvalue weighted by molar-refractivity contribution is 7.99. The topological polar surface area (TPSA) is 53.6 Å². The van der Waals surface area contributed by atoms with Gasteiger partial charge in [-0.2, -0.15) is 5.26 Å². The number of nitrogens with one attached hydrogen (secondary N) is 1. The smallest absolute Gasteiger partial charge is 0.167 e. The van der Waals surface area contributed by atoms with E-state index in [-0.39, 0.29) is 0 Å². The highest BCUT2D eigenvalue weighted by Crippen LogP contribution is 2.20. The van der Waals surface area contributed by atoms with Crippen LogP contribution in [0, 0.1) is 11.3 Å². The number of thioether (sulfide) groups is 1. The van der Waals surface area contributed by atoms with Crippen molar-refractivity contribution in [2.24, 2.45) is 7.05 Å². The van der Waals surface area contributed by atoms with Crippen LogP contribution >= 0.6 is 11.8 Å². The van der Waals surface area contributed by atoms with Crippen molar-refractivity contribution in [2.75, 3.05) is 12.3 Å². The summed E-state index contributed by atoms with van der Waals surface area (Å²) in [7, 11) is 1.95. The van der Waals surface area contributed by atoms with E-state index in [9.17, 15) is 0 Å². The SMILES string of the molecule is CCNC(C)(C#N)CSc1nccn1C. The number of aryl methyl sites for hydroxylation is 1. The Balaban J connectivity index is 2.56. The van der Waals surface area contributed by atoms with Gasteiger partial charge >= 0.3 is 0 Å². The number of aromatic nitrogens is 2. The fourth-order valence-electron chi connectivity index (χ4n) is 1.21. The van der Waals surface area contributed by atoms with Crippen LogP contribution in [0.3, 0.4) is 0 Å². The maximum atomic E-state index is 9.06. The van der Waals surface area contributed by atoms with Gasteiger partial charge in [0.25, 0.3) is 0 Å². The lowest BCUT2D eigenvalue weighted by Crippen LogP contribution is -2.43. The van der Waals surface area contributed by atoms with Crippen LogP contribution in [-0.2, 0) is 7.05 Å². The molecule has 0 bridgehead atoms. The number of nitriles is 1. The number of hydrogen-bond donors (Lipinski definition) is 1. The van der Waals surface area contributed by atoms with Crippen molar-refractivity contribution < 1.29 is 0 Å². The van der Waals surface area contributed by atoms with E-state index in [2.05, 4.69) is 16.4 Å². The van der Waals surface area contributed by atoms with Crippen molar-refractivity contribution in [2.45, 2.75) is 24.5 Å². The quantitative estimate of drug-likeness (QED) is 0.768. The van der Waals surface area contributed by atoms with E-state index in [0.717, 1.165) is 11.7 Å². The molecule has 15 heavy (non-hydrogen) atoms. The van der Waals surface area contributed by atoms with Crippen LogP contribution < -0.4 is 5.32 Å². The van der Waals surface area contributed by atoms with Gasteiger partial charge < -0.3 is 4.57 Å². The molecule has 0 saturated heterocycles. The highest BCUT2D eigenvalue weighted by atomic mass is 32.2. The number of hydrogen-bond acceptors (Lipinski definition) is 4. The molecule has 1 unspecified atom stereocenters. The average Bonchev–Trinajstić information content (AvgIpc) is 2.62. The molecule has 0 aromatic carbocycles. The molecule has 0 spiro atoms. The Bertz CT molecular complexity index is 355. The molecule has 1 N–H and O–H groups in total. The third-order valence-corrected chi connectivity index (χ3v) is 3.45. The van der Waals surface area contributed by atoms with Crippen LogP contribution in [0.4, 0.5) is 0 Å². The van der Waals surface area contributed by atoms with Gasteiger partial charge in [-0.05, 0) is 13.5 Å². The molecule has 1 atom stereocenters. The maximum Gasteiger partial charge on any atom is 0.167 e. The molecule has 82 valence electrons. The van der Waals surface area contributed by atoms with E-state index in [1.807, 2.05) is 31.7 Å². The molecular formula is C10H16N4S. The van der Waals surface area contributed by atoms with Gasteiger partial charge in [0.15, 0.2) is 5.16 Å². The van der Waals surface area contributed by atoms with Crippen molar-refractivity contribution in [1.29, 1.82) is 5.26 Å². The first-order valence-corrected chi connectivity index (χ1v) is 5.86. The maximum absolute atomic E-state index is 9.06. The Labute approximate surface area is 94.7 Å². The average molecular weight is 224 g/mol. The van der Waals surface area contributed by atoms with Crippen LogP contribution in [0.1, 0.15) is 13.8 Å². The van der Waals surface area contributed by atoms with Crippen molar-refractivity contribution in [3.8, 4) is 6.07 Å². The first-order valence-electron chi connectivity index (χ1n) is 4.87. The first kappa shape index (κ1) is 12.1. The van der Waals surface area contributed by atoms with Gasteiger partial charge in [-0.1, -0.05) is 18.7 Å². The second kappa shape index (κ2) is 5.19. The number of nitrogens with zero attached hydrogens (tertiary/aromatic N) is 3. The largest absolute Gasteiger partial charge is 0.329 e.